The number of aliphatic hydroxyl groups excluding tert-OH is 1. The zero-order valence-corrected chi connectivity index (χ0v) is 12.4. The Morgan fingerprint density at radius 3 is 2.53 bits per heavy atom. The molecule has 0 saturated heterocycles. The molecule has 1 amide bonds. The summed E-state index contributed by atoms with van der Waals surface area (Å²) in [6, 6.07) is 3.96. The third-order valence-electron chi connectivity index (χ3n) is 3.92. The smallest absolute Gasteiger partial charge is 0.234 e. The highest BCUT2D eigenvalue weighted by molar-refractivity contribution is 6.06. The first-order valence-electron chi connectivity index (χ1n) is 6.88. The zero-order chi connectivity index (χ0) is 14.4. The SMILES string of the molecule is Cc1cc(C(O)CC(C)C)cc2c1NC(=O)C2(C)C. The third kappa shape index (κ3) is 2.39. The van der Waals surface area contributed by atoms with Gasteiger partial charge in [-0.3, -0.25) is 4.79 Å². The lowest BCUT2D eigenvalue weighted by Crippen LogP contribution is -2.26. The van der Waals surface area contributed by atoms with Crippen molar-refractivity contribution in [1.82, 2.24) is 0 Å². The van der Waals surface area contributed by atoms with E-state index in [1.165, 1.54) is 0 Å². The molecule has 0 fully saturated rings. The van der Waals surface area contributed by atoms with E-state index in [4.69, 9.17) is 0 Å². The summed E-state index contributed by atoms with van der Waals surface area (Å²) in [7, 11) is 0. The van der Waals surface area contributed by atoms with Crippen LogP contribution in [0.3, 0.4) is 0 Å². The van der Waals surface area contributed by atoms with Crippen molar-refractivity contribution in [3.8, 4) is 0 Å². The van der Waals surface area contributed by atoms with E-state index in [0.717, 1.165) is 28.8 Å². The predicted molar refractivity (Wildman–Crippen MR) is 77.2 cm³/mol. The quantitative estimate of drug-likeness (QED) is 0.877. The number of carbonyl (C=O) groups excluding carboxylic acids is 1. The summed E-state index contributed by atoms with van der Waals surface area (Å²) >= 11 is 0. The van der Waals surface area contributed by atoms with Crippen LogP contribution >= 0.6 is 0 Å². The summed E-state index contributed by atoms with van der Waals surface area (Å²) in [4.78, 5) is 12.0. The van der Waals surface area contributed by atoms with Crippen LogP contribution in [0, 0.1) is 12.8 Å². The van der Waals surface area contributed by atoms with Gasteiger partial charge < -0.3 is 10.4 Å². The van der Waals surface area contributed by atoms with Crippen molar-refractivity contribution in [1.29, 1.82) is 0 Å². The van der Waals surface area contributed by atoms with Gasteiger partial charge in [-0.05, 0) is 49.8 Å². The normalized spacial score (nSPS) is 18.4. The molecule has 0 spiro atoms. The topological polar surface area (TPSA) is 49.3 Å². The lowest BCUT2D eigenvalue weighted by atomic mass is 9.83. The highest BCUT2D eigenvalue weighted by Crippen LogP contribution is 2.41. The van der Waals surface area contributed by atoms with Crippen molar-refractivity contribution in [3.63, 3.8) is 0 Å². The number of hydrogen-bond donors (Lipinski definition) is 2. The maximum Gasteiger partial charge on any atom is 0.234 e. The highest BCUT2D eigenvalue weighted by Gasteiger charge is 2.39. The van der Waals surface area contributed by atoms with E-state index in [-0.39, 0.29) is 5.91 Å². The first-order valence-corrected chi connectivity index (χ1v) is 6.88. The van der Waals surface area contributed by atoms with Crippen LogP contribution in [-0.4, -0.2) is 11.0 Å². The van der Waals surface area contributed by atoms with Gasteiger partial charge in [-0.15, -0.1) is 0 Å². The van der Waals surface area contributed by atoms with Gasteiger partial charge in [0.2, 0.25) is 5.91 Å². The highest BCUT2D eigenvalue weighted by atomic mass is 16.3. The minimum atomic E-state index is -0.520. The number of benzene rings is 1. The second-order valence-electron chi connectivity index (χ2n) is 6.48. The summed E-state index contributed by atoms with van der Waals surface area (Å²) in [6.45, 7) is 10.0. The van der Waals surface area contributed by atoms with Crippen LogP contribution in [0.25, 0.3) is 0 Å². The monoisotopic (exact) mass is 261 g/mol. The van der Waals surface area contributed by atoms with E-state index in [0.29, 0.717) is 5.92 Å². The molecule has 0 saturated carbocycles. The molecule has 1 aromatic carbocycles. The van der Waals surface area contributed by atoms with Crippen molar-refractivity contribution >= 4 is 11.6 Å². The van der Waals surface area contributed by atoms with Gasteiger partial charge >= 0.3 is 0 Å². The van der Waals surface area contributed by atoms with E-state index in [9.17, 15) is 9.90 Å². The molecule has 1 atom stereocenters. The molecule has 1 aromatic rings. The summed E-state index contributed by atoms with van der Waals surface area (Å²) < 4.78 is 0. The molecular formula is C16H23NO2. The van der Waals surface area contributed by atoms with Gasteiger partial charge in [-0.1, -0.05) is 26.0 Å². The Morgan fingerprint density at radius 1 is 1.32 bits per heavy atom. The fourth-order valence-corrected chi connectivity index (χ4v) is 2.64. The van der Waals surface area contributed by atoms with E-state index in [2.05, 4.69) is 19.2 Å². The molecule has 2 rings (SSSR count). The van der Waals surface area contributed by atoms with E-state index in [1.54, 1.807) is 0 Å². The lowest BCUT2D eigenvalue weighted by molar-refractivity contribution is -0.119. The van der Waals surface area contributed by atoms with Crippen LogP contribution in [0.1, 0.15) is 56.9 Å². The molecule has 19 heavy (non-hydrogen) atoms. The number of aliphatic hydroxyl groups is 1. The molecular weight excluding hydrogens is 238 g/mol. The second-order valence-corrected chi connectivity index (χ2v) is 6.48. The number of aryl methyl sites for hydroxylation is 1. The molecule has 3 heteroatoms. The largest absolute Gasteiger partial charge is 0.388 e. The van der Waals surface area contributed by atoms with Gasteiger partial charge in [-0.25, -0.2) is 0 Å². The maximum atomic E-state index is 12.0. The van der Waals surface area contributed by atoms with Crippen LogP contribution in [0.4, 0.5) is 5.69 Å². The molecule has 1 unspecified atom stereocenters. The molecule has 0 aromatic heterocycles. The molecule has 1 heterocycles. The Morgan fingerprint density at radius 2 is 1.95 bits per heavy atom. The molecule has 2 N–H and O–H groups in total. The Balaban J connectivity index is 2.45. The van der Waals surface area contributed by atoms with Crippen molar-refractivity contribution in [3.05, 3.63) is 28.8 Å². The fraction of sp³-hybridized carbons (Fsp3) is 0.562. The molecule has 1 aliphatic heterocycles. The van der Waals surface area contributed by atoms with E-state index < -0.39 is 11.5 Å². The van der Waals surface area contributed by atoms with Crippen molar-refractivity contribution < 1.29 is 9.90 Å². The minimum Gasteiger partial charge on any atom is -0.388 e. The second kappa shape index (κ2) is 4.64. The average Bonchev–Trinajstić information content (AvgIpc) is 2.51. The van der Waals surface area contributed by atoms with Gasteiger partial charge in [0.05, 0.1) is 11.5 Å². The number of hydrogen-bond acceptors (Lipinski definition) is 2. The zero-order valence-electron chi connectivity index (χ0n) is 12.4. The Labute approximate surface area is 115 Å². The molecule has 3 nitrogen and oxygen atoms in total. The number of amides is 1. The van der Waals surface area contributed by atoms with Crippen LogP contribution in [0.5, 0.6) is 0 Å². The average molecular weight is 261 g/mol. The third-order valence-corrected chi connectivity index (χ3v) is 3.92. The number of anilines is 1. The van der Waals surface area contributed by atoms with Crippen molar-refractivity contribution in [2.45, 2.75) is 52.6 Å². The Kier molecular flexibility index (Phi) is 3.43. The van der Waals surface area contributed by atoms with Crippen LogP contribution < -0.4 is 5.32 Å². The van der Waals surface area contributed by atoms with Crippen LogP contribution in [-0.2, 0) is 10.2 Å². The van der Waals surface area contributed by atoms with Crippen molar-refractivity contribution in [2.24, 2.45) is 5.92 Å². The van der Waals surface area contributed by atoms with Gasteiger partial charge in [-0.2, -0.15) is 0 Å². The van der Waals surface area contributed by atoms with Gasteiger partial charge in [0.1, 0.15) is 0 Å². The minimum absolute atomic E-state index is 0.0288. The molecule has 0 bridgehead atoms. The van der Waals surface area contributed by atoms with E-state index in [1.807, 2.05) is 32.9 Å². The first-order chi connectivity index (χ1) is 8.73. The Hall–Kier alpha value is -1.35. The van der Waals surface area contributed by atoms with Gasteiger partial charge in [0.25, 0.3) is 0 Å². The number of fused-ring (bicyclic) bond motifs is 1. The maximum absolute atomic E-state index is 12.0. The summed E-state index contributed by atoms with van der Waals surface area (Å²) in [5.74, 6) is 0.470. The predicted octanol–water partition coefficient (Wildman–Crippen LogP) is 3.30. The molecule has 0 aliphatic carbocycles. The summed E-state index contributed by atoms with van der Waals surface area (Å²) in [6.07, 6.45) is 0.274. The van der Waals surface area contributed by atoms with Gasteiger partial charge in [0.15, 0.2) is 0 Å². The Bertz CT molecular complexity index is 518. The fourth-order valence-electron chi connectivity index (χ4n) is 2.64. The number of carbonyl (C=O) groups is 1. The standard InChI is InChI=1S/C16H23NO2/c1-9(2)6-13(18)11-7-10(3)14-12(8-11)16(4,5)15(19)17-14/h7-9,13,18H,6H2,1-5H3,(H,17,19). The first kappa shape index (κ1) is 14.1. The molecule has 104 valence electrons. The molecule has 1 aliphatic rings. The van der Waals surface area contributed by atoms with E-state index >= 15 is 0 Å². The number of nitrogens with one attached hydrogen (secondary N) is 1. The summed E-state index contributed by atoms with van der Waals surface area (Å²) in [5.41, 5.74) is 3.32. The molecule has 0 radical (unpaired) electrons. The van der Waals surface area contributed by atoms with Gasteiger partial charge in [0, 0.05) is 5.69 Å². The number of rotatable bonds is 3. The van der Waals surface area contributed by atoms with Crippen LogP contribution in [0.2, 0.25) is 0 Å². The van der Waals surface area contributed by atoms with Crippen LogP contribution in [0.15, 0.2) is 12.1 Å². The summed E-state index contributed by atoms with van der Waals surface area (Å²) in [5, 5.41) is 13.2. The lowest BCUT2D eigenvalue weighted by Gasteiger charge is -2.19. The van der Waals surface area contributed by atoms with Crippen molar-refractivity contribution in [2.75, 3.05) is 5.32 Å².